The van der Waals surface area contributed by atoms with Gasteiger partial charge in [0.1, 0.15) is 11.5 Å². The van der Waals surface area contributed by atoms with Crippen molar-refractivity contribution in [2.24, 2.45) is 5.92 Å². The number of fused-ring (bicyclic) bond motifs is 2. The third-order valence-electron chi connectivity index (χ3n) is 6.13. The van der Waals surface area contributed by atoms with Gasteiger partial charge in [-0.05, 0) is 38.7 Å². The van der Waals surface area contributed by atoms with Gasteiger partial charge in [-0.1, -0.05) is 13.8 Å². The molecule has 0 unspecified atom stereocenters. The fraction of sp³-hybridized carbons (Fsp3) is 0.619. The average molecular weight is 370 g/mol. The fourth-order valence-corrected chi connectivity index (χ4v) is 4.88. The molecule has 27 heavy (non-hydrogen) atoms. The van der Waals surface area contributed by atoms with E-state index in [1.807, 2.05) is 31.1 Å². The summed E-state index contributed by atoms with van der Waals surface area (Å²) in [5, 5.41) is 0. The van der Waals surface area contributed by atoms with E-state index < -0.39 is 0 Å². The van der Waals surface area contributed by atoms with Crippen LogP contribution in [0.2, 0.25) is 0 Å². The van der Waals surface area contributed by atoms with Crippen LogP contribution in [0.15, 0.2) is 16.8 Å². The number of aromatic amines is 1. The van der Waals surface area contributed by atoms with Crippen molar-refractivity contribution in [2.75, 3.05) is 26.2 Å². The Morgan fingerprint density at radius 2 is 2.04 bits per heavy atom. The summed E-state index contributed by atoms with van der Waals surface area (Å²) in [5.74, 6) is 2.21. The third-order valence-corrected chi connectivity index (χ3v) is 6.13. The van der Waals surface area contributed by atoms with Gasteiger partial charge in [-0.3, -0.25) is 9.69 Å². The number of hydrogen-bond acceptors (Lipinski definition) is 4. The van der Waals surface area contributed by atoms with Gasteiger partial charge >= 0.3 is 0 Å². The number of imidazole rings is 1. The largest absolute Gasteiger partial charge is 0.466 e. The quantitative estimate of drug-likeness (QED) is 0.901. The van der Waals surface area contributed by atoms with E-state index in [1.54, 1.807) is 0 Å². The lowest BCUT2D eigenvalue weighted by molar-refractivity contribution is 0.000578. The second kappa shape index (κ2) is 6.82. The number of rotatable bonds is 3. The molecular formula is C21H30N4O2. The summed E-state index contributed by atoms with van der Waals surface area (Å²) < 4.78 is 5.56. The van der Waals surface area contributed by atoms with Crippen LogP contribution in [0.3, 0.4) is 0 Å². The number of nitrogens with one attached hydrogen (secondary N) is 1. The number of amides is 1. The highest BCUT2D eigenvalue weighted by Crippen LogP contribution is 2.42. The van der Waals surface area contributed by atoms with Crippen LogP contribution in [0.25, 0.3) is 0 Å². The summed E-state index contributed by atoms with van der Waals surface area (Å²) in [6.45, 7) is 11.9. The highest BCUT2D eigenvalue weighted by Gasteiger charge is 2.47. The molecule has 0 aromatic carbocycles. The van der Waals surface area contributed by atoms with E-state index in [4.69, 9.17) is 9.40 Å². The number of carbonyl (C=O) groups is 1. The van der Waals surface area contributed by atoms with E-state index >= 15 is 0 Å². The van der Waals surface area contributed by atoms with E-state index in [2.05, 4.69) is 23.7 Å². The molecule has 1 saturated heterocycles. The first-order valence-corrected chi connectivity index (χ1v) is 10.0. The standard InChI is InChI=1S/C21H30N4O2/c1-14(2)12-25-8-5-18-19(23-13-22-18)21(25)6-9-24(10-7-21)20(26)17-11-15(3)27-16(17)4/h11,13-14H,5-10,12H2,1-4H3,(H,22,23). The van der Waals surface area contributed by atoms with Crippen LogP contribution in [-0.2, 0) is 12.0 Å². The summed E-state index contributed by atoms with van der Waals surface area (Å²) in [6, 6.07) is 1.86. The fourth-order valence-electron chi connectivity index (χ4n) is 4.88. The van der Waals surface area contributed by atoms with Crippen molar-refractivity contribution in [3.8, 4) is 0 Å². The van der Waals surface area contributed by atoms with Gasteiger partial charge in [0.15, 0.2) is 0 Å². The van der Waals surface area contributed by atoms with Gasteiger partial charge in [-0.15, -0.1) is 0 Å². The average Bonchev–Trinajstić information content (AvgIpc) is 3.24. The molecule has 4 rings (SSSR count). The lowest BCUT2D eigenvalue weighted by Gasteiger charge is -2.51. The third kappa shape index (κ3) is 3.10. The topological polar surface area (TPSA) is 65.4 Å². The molecule has 2 aromatic heterocycles. The van der Waals surface area contributed by atoms with Crippen molar-refractivity contribution >= 4 is 5.91 Å². The second-order valence-electron chi connectivity index (χ2n) is 8.47. The van der Waals surface area contributed by atoms with Crippen LogP contribution in [0.1, 0.15) is 60.0 Å². The maximum Gasteiger partial charge on any atom is 0.257 e. The SMILES string of the molecule is Cc1cc(C(=O)N2CCC3(CC2)c2nc[nH]c2CCN3CC(C)C)c(C)o1. The van der Waals surface area contributed by atoms with Gasteiger partial charge in [-0.2, -0.15) is 0 Å². The molecule has 2 aliphatic rings. The minimum absolute atomic E-state index is 0.0456. The summed E-state index contributed by atoms with van der Waals surface area (Å²) in [4.78, 5) is 25.7. The molecular weight excluding hydrogens is 340 g/mol. The molecule has 1 amide bonds. The Kier molecular flexibility index (Phi) is 4.62. The van der Waals surface area contributed by atoms with Crippen molar-refractivity contribution in [2.45, 2.75) is 52.5 Å². The molecule has 1 fully saturated rings. The molecule has 0 radical (unpaired) electrons. The minimum atomic E-state index is -0.0456. The number of aromatic nitrogens is 2. The van der Waals surface area contributed by atoms with Gasteiger partial charge in [0.05, 0.1) is 23.1 Å². The van der Waals surface area contributed by atoms with Crippen LogP contribution >= 0.6 is 0 Å². The Morgan fingerprint density at radius 3 is 2.67 bits per heavy atom. The second-order valence-corrected chi connectivity index (χ2v) is 8.47. The molecule has 1 N–H and O–H groups in total. The number of piperidine rings is 1. The maximum absolute atomic E-state index is 13.0. The minimum Gasteiger partial charge on any atom is -0.466 e. The monoisotopic (exact) mass is 370 g/mol. The van der Waals surface area contributed by atoms with E-state index in [1.165, 1.54) is 11.4 Å². The van der Waals surface area contributed by atoms with Crippen LogP contribution < -0.4 is 0 Å². The Labute approximate surface area is 160 Å². The number of furan rings is 1. The van der Waals surface area contributed by atoms with Crippen molar-refractivity contribution in [3.05, 3.63) is 40.9 Å². The molecule has 0 bridgehead atoms. The molecule has 2 aromatic rings. The molecule has 0 atom stereocenters. The van der Waals surface area contributed by atoms with Crippen LogP contribution in [0.5, 0.6) is 0 Å². The molecule has 0 saturated carbocycles. The normalized spacial score (nSPS) is 19.7. The first-order valence-electron chi connectivity index (χ1n) is 10.0. The number of aryl methyl sites for hydroxylation is 2. The lowest BCUT2D eigenvalue weighted by atomic mass is 9.78. The molecule has 6 nitrogen and oxygen atoms in total. The number of likely N-dealkylation sites (tertiary alicyclic amines) is 1. The summed E-state index contributed by atoms with van der Waals surface area (Å²) in [5.41, 5.74) is 3.13. The van der Waals surface area contributed by atoms with E-state index in [0.717, 1.165) is 51.2 Å². The van der Waals surface area contributed by atoms with Crippen LogP contribution in [0.4, 0.5) is 0 Å². The van der Waals surface area contributed by atoms with Crippen molar-refractivity contribution in [1.29, 1.82) is 0 Å². The number of nitrogens with zero attached hydrogens (tertiary/aromatic N) is 3. The summed E-state index contributed by atoms with van der Waals surface area (Å²) in [7, 11) is 0. The first-order chi connectivity index (χ1) is 12.9. The Balaban J connectivity index is 1.57. The van der Waals surface area contributed by atoms with Gasteiger partial charge in [0.25, 0.3) is 5.91 Å². The number of H-pyrrole nitrogens is 1. The maximum atomic E-state index is 13.0. The molecule has 146 valence electrons. The van der Waals surface area contributed by atoms with E-state index in [9.17, 15) is 4.79 Å². The van der Waals surface area contributed by atoms with Crippen LogP contribution in [0, 0.1) is 19.8 Å². The Bertz CT molecular complexity index is 827. The van der Waals surface area contributed by atoms with Crippen molar-refractivity contribution in [1.82, 2.24) is 19.8 Å². The first kappa shape index (κ1) is 18.3. The molecule has 6 heteroatoms. The summed E-state index contributed by atoms with van der Waals surface area (Å²) >= 11 is 0. The number of carbonyl (C=O) groups excluding carboxylic acids is 1. The van der Waals surface area contributed by atoms with Gasteiger partial charge in [0, 0.05) is 38.3 Å². The van der Waals surface area contributed by atoms with Crippen LogP contribution in [-0.4, -0.2) is 51.9 Å². The predicted octanol–water partition coefficient (Wildman–Crippen LogP) is 3.27. The van der Waals surface area contributed by atoms with Gasteiger partial charge in [0.2, 0.25) is 0 Å². The predicted molar refractivity (Wildman–Crippen MR) is 104 cm³/mol. The molecule has 1 spiro atoms. The van der Waals surface area contributed by atoms with E-state index in [0.29, 0.717) is 17.2 Å². The van der Waals surface area contributed by atoms with Crippen molar-refractivity contribution < 1.29 is 9.21 Å². The van der Waals surface area contributed by atoms with E-state index in [-0.39, 0.29) is 11.4 Å². The molecule has 4 heterocycles. The Morgan fingerprint density at radius 1 is 1.30 bits per heavy atom. The smallest absolute Gasteiger partial charge is 0.257 e. The lowest BCUT2D eigenvalue weighted by Crippen LogP contribution is -2.57. The number of hydrogen-bond donors (Lipinski definition) is 1. The zero-order valence-corrected chi connectivity index (χ0v) is 16.8. The van der Waals surface area contributed by atoms with Crippen molar-refractivity contribution in [3.63, 3.8) is 0 Å². The highest BCUT2D eigenvalue weighted by atomic mass is 16.3. The zero-order valence-electron chi connectivity index (χ0n) is 16.8. The Hall–Kier alpha value is -2.08. The molecule has 0 aliphatic carbocycles. The molecule has 2 aliphatic heterocycles. The highest BCUT2D eigenvalue weighted by molar-refractivity contribution is 5.95. The van der Waals surface area contributed by atoms with Gasteiger partial charge < -0.3 is 14.3 Å². The summed E-state index contributed by atoms with van der Waals surface area (Å²) in [6.07, 6.45) is 4.72. The van der Waals surface area contributed by atoms with Gasteiger partial charge in [-0.25, -0.2) is 4.98 Å². The zero-order chi connectivity index (χ0) is 19.2.